The van der Waals surface area contributed by atoms with Gasteiger partial charge in [0.1, 0.15) is 0 Å². The highest BCUT2D eigenvalue weighted by Gasteiger charge is 2.19. The Labute approximate surface area is 126 Å². The van der Waals surface area contributed by atoms with Gasteiger partial charge in [0.25, 0.3) is 0 Å². The third-order valence-corrected chi connectivity index (χ3v) is 3.86. The number of nitrogens with zero attached hydrogens (tertiary/aromatic N) is 1. The summed E-state index contributed by atoms with van der Waals surface area (Å²) in [6.45, 7) is 4.19. The van der Waals surface area contributed by atoms with Gasteiger partial charge in [0.2, 0.25) is 0 Å². The van der Waals surface area contributed by atoms with Gasteiger partial charge in [0, 0.05) is 26.2 Å². The molecule has 0 saturated carbocycles. The molecule has 1 aromatic carbocycles. The van der Waals surface area contributed by atoms with Gasteiger partial charge in [0.05, 0.1) is 13.2 Å². The summed E-state index contributed by atoms with van der Waals surface area (Å²) >= 11 is 0. The Bertz CT molecular complexity index is 434. The topological polar surface area (TPSA) is 47.7 Å². The molecule has 0 aliphatic carbocycles. The van der Waals surface area contributed by atoms with E-state index in [-0.39, 0.29) is 5.82 Å². The number of likely N-dealkylation sites (tertiary alicyclic amines) is 1. The van der Waals surface area contributed by atoms with E-state index in [0.717, 1.165) is 51.1 Å². The molecule has 0 atom stereocenters. The van der Waals surface area contributed by atoms with Crippen LogP contribution in [0.25, 0.3) is 0 Å². The highest BCUT2D eigenvalue weighted by Crippen LogP contribution is 2.21. The van der Waals surface area contributed by atoms with Crippen molar-refractivity contribution >= 4 is 0 Å². The third-order valence-electron chi connectivity index (χ3n) is 3.86. The standard InChI is InChI=1S/C16H25FN2O2/c1-20-16-4-3-13(11-15(16)17)12-19-8-5-14(6-9-19)21-10-2-7-18/h3-4,11,14H,2,5-10,12,18H2,1H3. The summed E-state index contributed by atoms with van der Waals surface area (Å²) in [5.74, 6) is 0.000709. The molecule has 1 heterocycles. The van der Waals surface area contributed by atoms with E-state index in [4.69, 9.17) is 15.2 Å². The largest absolute Gasteiger partial charge is 0.494 e. The van der Waals surface area contributed by atoms with E-state index in [1.54, 1.807) is 12.1 Å². The van der Waals surface area contributed by atoms with Crippen LogP contribution in [0.1, 0.15) is 24.8 Å². The van der Waals surface area contributed by atoms with Crippen molar-refractivity contribution in [2.24, 2.45) is 5.73 Å². The maximum absolute atomic E-state index is 13.7. The lowest BCUT2D eigenvalue weighted by Crippen LogP contribution is -2.36. The Hall–Kier alpha value is -1.17. The molecule has 118 valence electrons. The number of ether oxygens (including phenoxy) is 2. The molecule has 1 aliphatic rings. The quantitative estimate of drug-likeness (QED) is 0.783. The summed E-state index contributed by atoms with van der Waals surface area (Å²) in [6.07, 6.45) is 3.33. The molecule has 2 N–H and O–H groups in total. The highest BCUT2D eigenvalue weighted by molar-refractivity contribution is 5.29. The molecule has 0 unspecified atom stereocenters. The van der Waals surface area contributed by atoms with Crippen molar-refractivity contribution in [3.63, 3.8) is 0 Å². The Morgan fingerprint density at radius 1 is 1.33 bits per heavy atom. The first-order valence-electron chi connectivity index (χ1n) is 7.59. The number of methoxy groups -OCH3 is 1. The molecular formula is C16H25FN2O2. The first-order chi connectivity index (χ1) is 10.2. The Morgan fingerprint density at radius 3 is 2.71 bits per heavy atom. The molecule has 0 bridgehead atoms. The second kappa shape index (κ2) is 8.32. The molecule has 0 aromatic heterocycles. The summed E-state index contributed by atoms with van der Waals surface area (Å²) in [5, 5.41) is 0. The third kappa shape index (κ3) is 4.95. The molecular weight excluding hydrogens is 271 g/mol. The maximum atomic E-state index is 13.7. The number of piperidine rings is 1. The Kier molecular flexibility index (Phi) is 6.42. The molecule has 1 aliphatic heterocycles. The molecule has 2 rings (SSSR count). The van der Waals surface area contributed by atoms with Crippen molar-refractivity contribution in [3.05, 3.63) is 29.6 Å². The minimum atomic E-state index is -0.296. The van der Waals surface area contributed by atoms with E-state index in [0.29, 0.717) is 18.4 Å². The fourth-order valence-corrected chi connectivity index (χ4v) is 2.63. The van der Waals surface area contributed by atoms with Crippen LogP contribution >= 0.6 is 0 Å². The van der Waals surface area contributed by atoms with Crippen LogP contribution in [0.15, 0.2) is 18.2 Å². The highest BCUT2D eigenvalue weighted by atomic mass is 19.1. The van der Waals surface area contributed by atoms with Crippen LogP contribution in [0.4, 0.5) is 4.39 Å². The second-order valence-electron chi connectivity index (χ2n) is 5.46. The lowest BCUT2D eigenvalue weighted by atomic mass is 10.1. The number of nitrogens with two attached hydrogens (primary N) is 1. The van der Waals surface area contributed by atoms with Crippen LogP contribution < -0.4 is 10.5 Å². The predicted octanol–water partition coefficient (Wildman–Crippen LogP) is 2.16. The van der Waals surface area contributed by atoms with Gasteiger partial charge < -0.3 is 15.2 Å². The Morgan fingerprint density at radius 2 is 2.10 bits per heavy atom. The van der Waals surface area contributed by atoms with Crippen molar-refractivity contribution in [2.45, 2.75) is 31.9 Å². The first-order valence-corrected chi connectivity index (χ1v) is 7.59. The molecule has 0 spiro atoms. The van der Waals surface area contributed by atoms with Crippen LogP contribution in [0.2, 0.25) is 0 Å². The molecule has 1 saturated heterocycles. The van der Waals surface area contributed by atoms with Crippen molar-refractivity contribution < 1.29 is 13.9 Å². The van der Waals surface area contributed by atoms with E-state index in [1.165, 1.54) is 7.11 Å². The lowest BCUT2D eigenvalue weighted by molar-refractivity contribution is 0.00561. The van der Waals surface area contributed by atoms with Gasteiger partial charge in [-0.15, -0.1) is 0 Å². The van der Waals surface area contributed by atoms with Crippen LogP contribution in [0.3, 0.4) is 0 Å². The molecule has 0 amide bonds. The molecule has 5 heteroatoms. The number of rotatable bonds is 7. The van der Waals surface area contributed by atoms with Crippen LogP contribution in [0.5, 0.6) is 5.75 Å². The fraction of sp³-hybridized carbons (Fsp3) is 0.625. The van der Waals surface area contributed by atoms with E-state index in [2.05, 4.69) is 4.90 Å². The summed E-state index contributed by atoms with van der Waals surface area (Å²) in [4.78, 5) is 2.34. The zero-order valence-electron chi connectivity index (χ0n) is 12.7. The van der Waals surface area contributed by atoms with E-state index < -0.39 is 0 Å². The minimum Gasteiger partial charge on any atom is -0.494 e. The van der Waals surface area contributed by atoms with Gasteiger partial charge in [-0.3, -0.25) is 4.90 Å². The smallest absolute Gasteiger partial charge is 0.165 e. The Balaban J connectivity index is 1.77. The minimum absolute atomic E-state index is 0.296. The molecule has 1 aromatic rings. The summed E-state index contributed by atoms with van der Waals surface area (Å²) in [5.41, 5.74) is 6.44. The summed E-state index contributed by atoms with van der Waals surface area (Å²) in [6, 6.07) is 5.17. The van der Waals surface area contributed by atoms with Crippen molar-refractivity contribution in [2.75, 3.05) is 33.4 Å². The normalized spacial score (nSPS) is 17.1. The van der Waals surface area contributed by atoms with E-state index in [9.17, 15) is 4.39 Å². The van der Waals surface area contributed by atoms with Gasteiger partial charge in [0.15, 0.2) is 11.6 Å². The molecule has 0 radical (unpaired) electrons. The maximum Gasteiger partial charge on any atom is 0.165 e. The van der Waals surface area contributed by atoms with Gasteiger partial charge in [-0.05, 0) is 43.5 Å². The zero-order valence-corrected chi connectivity index (χ0v) is 12.7. The molecule has 21 heavy (non-hydrogen) atoms. The summed E-state index contributed by atoms with van der Waals surface area (Å²) < 4.78 is 24.4. The number of hydrogen-bond donors (Lipinski definition) is 1. The molecule has 4 nitrogen and oxygen atoms in total. The van der Waals surface area contributed by atoms with Gasteiger partial charge in [-0.1, -0.05) is 6.07 Å². The lowest BCUT2D eigenvalue weighted by Gasteiger charge is -2.32. The van der Waals surface area contributed by atoms with Crippen LogP contribution in [-0.4, -0.2) is 44.4 Å². The van der Waals surface area contributed by atoms with Gasteiger partial charge in [-0.25, -0.2) is 4.39 Å². The van der Waals surface area contributed by atoms with Crippen molar-refractivity contribution in [1.82, 2.24) is 4.90 Å². The van der Waals surface area contributed by atoms with Crippen LogP contribution in [0, 0.1) is 5.82 Å². The summed E-state index contributed by atoms with van der Waals surface area (Å²) in [7, 11) is 1.48. The fourth-order valence-electron chi connectivity index (χ4n) is 2.63. The predicted molar refractivity (Wildman–Crippen MR) is 80.9 cm³/mol. The number of hydrogen-bond acceptors (Lipinski definition) is 4. The SMILES string of the molecule is COc1ccc(CN2CCC(OCCCN)CC2)cc1F. The first kappa shape index (κ1) is 16.2. The number of benzene rings is 1. The monoisotopic (exact) mass is 296 g/mol. The average molecular weight is 296 g/mol. The van der Waals surface area contributed by atoms with Gasteiger partial charge >= 0.3 is 0 Å². The number of halogens is 1. The van der Waals surface area contributed by atoms with E-state index in [1.807, 2.05) is 6.07 Å². The van der Waals surface area contributed by atoms with Crippen molar-refractivity contribution in [3.8, 4) is 5.75 Å². The van der Waals surface area contributed by atoms with E-state index >= 15 is 0 Å². The van der Waals surface area contributed by atoms with Gasteiger partial charge in [-0.2, -0.15) is 0 Å². The van der Waals surface area contributed by atoms with Crippen LogP contribution in [-0.2, 0) is 11.3 Å². The second-order valence-corrected chi connectivity index (χ2v) is 5.46. The average Bonchev–Trinajstić information content (AvgIpc) is 2.49. The van der Waals surface area contributed by atoms with Crippen molar-refractivity contribution in [1.29, 1.82) is 0 Å². The molecule has 1 fully saturated rings. The zero-order chi connectivity index (χ0) is 15.1.